The number of phenolic OH excluding ortho intramolecular Hbond substituents is 1. The van der Waals surface area contributed by atoms with Crippen molar-refractivity contribution in [3.05, 3.63) is 47.7 Å². The first-order valence-corrected chi connectivity index (χ1v) is 9.93. The minimum Gasteiger partial charge on any atom is -0.539 e. The number of hydrogen-bond acceptors (Lipinski definition) is 2. The zero-order chi connectivity index (χ0) is 14.8. The second-order valence-corrected chi connectivity index (χ2v) is 9.55. The number of allylic oxidation sites excluding steroid dienone is 2. The Bertz CT molecular complexity index is 639. The van der Waals surface area contributed by atoms with Gasteiger partial charge in [-0.1, -0.05) is 42.5 Å². The molecule has 106 valence electrons. The number of fused-ring (bicyclic) bond motifs is 1. The van der Waals surface area contributed by atoms with E-state index in [1.807, 2.05) is 30.3 Å². The summed E-state index contributed by atoms with van der Waals surface area (Å²) in [5.74, 6) is 1.06. The van der Waals surface area contributed by atoms with E-state index >= 15 is 0 Å². The number of aromatic hydroxyl groups is 1. The molecule has 0 saturated heterocycles. The van der Waals surface area contributed by atoms with E-state index in [-0.39, 0.29) is 5.75 Å². The molecule has 0 atom stereocenters. The van der Waals surface area contributed by atoms with Crippen LogP contribution in [-0.2, 0) is 0 Å². The average Bonchev–Trinajstić information content (AvgIpc) is 2.39. The molecule has 0 spiro atoms. The summed E-state index contributed by atoms with van der Waals surface area (Å²) in [6, 6.07) is 11.5. The summed E-state index contributed by atoms with van der Waals surface area (Å²) in [6.45, 7) is 8.65. The Balaban J connectivity index is 2.47. The van der Waals surface area contributed by atoms with Crippen LogP contribution in [0.5, 0.6) is 11.5 Å². The Morgan fingerprint density at radius 2 is 1.85 bits per heavy atom. The van der Waals surface area contributed by atoms with Crippen molar-refractivity contribution >= 4 is 19.1 Å². The maximum absolute atomic E-state index is 10.1. The molecule has 0 aromatic heterocycles. The molecule has 0 unspecified atom stereocenters. The van der Waals surface area contributed by atoms with Gasteiger partial charge in [-0.3, -0.25) is 0 Å². The van der Waals surface area contributed by atoms with Crippen LogP contribution >= 0.6 is 0 Å². The monoisotopic (exact) mass is 286 g/mol. The van der Waals surface area contributed by atoms with Gasteiger partial charge >= 0.3 is 0 Å². The molecule has 2 nitrogen and oxygen atoms in total. The fourth-order valence-electron chi connectivity index (χ4n) is 2.28. The van der Waals surface area contributed by atoms with E-state index in [1.54, 1.807) is 6.07 Å². The number of benzene rings is 2. The maximum Gasteiger partial charge on any atom is 0.272 e. The van der Waals surface area contributed by atoms with Crippen molar-refractivity contribution in [2.75, 3.05) is 0 Å². The molecule has 0 aliphatic rings. The summed E-state index contributed by atoms with van der Waals surface area (Å²) < 4.78 is 6.32. The van der Waals surface area contributed by atoms with Crippen molar-refractivity contribution in [2.24, 2.45) is 0 Å². The lowest BCUT2D eigenvalue weighted by molar-refractivity contribution is 0.478. The van der Waals surface area contributed by atoms with Gasteiger partial charge in [-0.25, -0.2) is 0 Å². The highest BCUT2D eigenvalue weighted by molar-refractivity contribution is 6.79. The average molecular weight is 286 g/mol. The van der Waals surface area contributed by atoms with Crippen LogP contribution in [0.2, 0.25) is 13.1 Å². The van der Waals surface area contributed by atoms with Crippen molar-refractivity contribution in [2.45, 2.75) is 33.4 Å². The van der Waals surface area contributed by atoms with Gasteiger partial charge in [0.05, 0.1) is 5.39 Å². The zero-order valence-electron chi connectivity index (χ0n) is 12.6. The lowest BCUT2D eigenvalue weighted by Gasteiger charge is -2.26. The topological polar surface area (TPSA) is 29.5 Å². The standard InChI is InChI=1S/C17H22O2Si/c1-5-8-13(2)20(3,4)19-16-12-7-10-14-9-6-11-15(18)17(14)16/h6-12,18H,5H2,1-4H3/b13-8+. The van der Waals surface area contributed by atoms with Gasteiger partial charge in [0.2, 0.25) is 0 Å². The molecule has 2 aromatic rings. The maximum atomic E-state index is 10.1. The van der Waals surface area contributed by atoms with E-state index in [0.29, 0.717) is 0 Å². The summed E-state index contributed by atoms with van der Waals surface area (Å²) in [5.41, 5.74) is 0. The highest BCUT2D eigenvalue weighted by Crippen LogP contribution is 2.35. The van der Waals surface area contributed by atoms with Crippen LogP contribution in [0, 0.1) is 0 Å². The molecule has 0 bridgehead atoms. The van der Waals surface area contributed by atoms with Crippen molar-refractivity contribution in [1.82, 2.24) is 0 Å². The molecular formula is C17H22O2Si. The quantitative estimate of drug-likeness (QED) is 0.799. The van der Waals surface area contributed by atoms with Crippen LogP contribution in [0.15, 0.2) is 47.7 Å². The van der Waals surface area contributed by atoms with Gasteiger partial charge in [0, 0.05) is 0 Å². The summed E-state index contributed by atoms with van der Waals surface area (Å²) in [6.07, 6.45) is 3.25. The Hall–Kier alpha value is -1.74. The Labute approximate surface area is 121 Å². The van der Waals surface area contributed by atoms with Gasteiger partial charge < -0.3 is 9.53 Å². The third-order valence-electron chi connectivity index (χ3n) is 3.67. The minimum absolute atomic E-state index is 0.278. The van der Waals surface area contributed by atoms with Crippen LogP contribution < -0.4 is 4.43 Å². The lowest BCUT2D eigenvalue weighted by atomic mass is 10.1. The highest BCUT2D eigenvalue weighted by Gasteiger charge is 2.27. The first-order chi connectivity index (χ1) is 9.45. The zero-order valence-corrected chi connectivity index (χ0v) is 13.6. The van der Waals surface area contributed by atoms with Gasteiger partial charge in [-0.15, -0.1) is 0 Å². The molecule has 0 aliphatic carbocycles. The van der Waals surface area contributed by atoms with Gasteiger partial charge in [0.1, 0.15) is 11.5 Å². The van der Waals surface area contributed by atoms with Crippen molar-refractivity contribution in [3.8, 4) is 11.5 Å². The second-order valence-electron chi connectivity index (χ2n) is 5.54. The molecule has 0 heterocycles. The van der Waals surface area contributed by atoms with Crippen molar-refractivity contribution in [1.29, 1.82) is 0 Å². The van der Waals surface area contributed by atoms with E-state index in [1.165, 1.54) is 5.20 Å². The van der Waals surface area contributed by atoms with E-state index in [4.69, 9.17) is 4.43 Å². The summed E-state index contributed by atoms with van der Waals surface area (Å²) in [7, 11) is -1.96. The molecule has 0 saturated carbocycles. The van der Waals surface area contributed by atoms with Gasteiger partial charge in [-0.05, 0) is 44.0 Å². The smallest absolute Gasteiger partial charge is 0.272 e. The molecule has 2 aromatic carbocycles. The van der Waals surface area contributed by atoms with Gasteiger partial charge in [0.25, 0.3) is 8.32 Å². The summed E-state index contributed by atoms with van der Waals surface area (Å²) >= 11 is 0. The third-order valence-corrected chi connectivity index (χ3v) is 6.50. The highest BCUT2D eigenvalue weighted by atomic mass is 28.4. The normalized spacial score (nSPS) is 12.7. The molecular weight excluding hydrogens is 264 g/mol. The Morgan fingerprint density at radius 3 is 2.50 bits per heavy atom. The molecule has 0 aliphatic heterocycles. The fourth-order valence-corrected chi connectivity index (χ4v) is 3.86. The predicted octanol–water partition coefficient (Wildman–Crippen LogP) is 5.02. The van der Waals surface area contributed by atoms with Crippen LogP contribution in [0.1, 0.15) is 20.3 Å². The molecule has 0 fully saturated rings. The van der Waals surface area contributed by atoms with E-state index in [0.717, 1.165) is 22.9 Å². The van der Waals surface area contributed by atoms with Crippen molar-refractivity contribution < 1.29 is 9.53 Å². The van der Waals surface area contributed by atoms with Crippen LogP contribution in [0.25, 0.3) is 10.8 Å². The fraction of sp³-hybridized carbons (Fsp3) is 0.294. The number of rotatable bonds is 4. The Kier molecular flexibility index (Phi) is 4.19. The lowest BCUT2D eigenvalue weighted by Crippen LogP contribution is -2.36. The van der Waals surface area contributed by atoms with Crippen molar-refractivity contribution in [3.63, 3.8) is 0 Å². The predicted molar refractivity (Wildman–Crippen MR) is 87.8 cm³/mol. The molecule has 1 N–H and O–H groups in total. The van der Waals surface area contributed by atoms with Crippen LogP contribution in [0.3, 0.4) is 0 Å². The molecule has 2 rings (SSSR count). The second kappa shape index (κ2) is 5.71. The number of phenols is 1. The minimum atomic E-state index is -1.96. The summed E-state index contributed by atoms with van der Waals surface area (Å²) in [4.78, 5) is 0. The first kappa shape index (κ1) is 14.7. The molecule has 0 radical (unpaired) electrons. The van der Waals surface area contributed by atoms with Gasteiger partial charge in [0.15, 0.2) is 0 Å². The molecule has 3 heteroatoms. The first-order valence-electron chi connectivity index (χ1n) is 7.02. The largest absolute Gasteiger partial charge is 0.539 e. The Morgan fingerprint density at radius 1 is 1.20 bits per heavy atom. The molecule has 0 amide bonds. The van der Waals surface area contributed by atoms with E-state index in [2.05, 4.69) is 33.0 Å². The van der Waals surface area contributed by atoms with E-state index in [9.17, 15) is 5.11 Å². The SMILES string of the molecule is CC/C=C(\C)[Si](C)(C)Oc1cccc2cccc(O)c12. The van der Waals surface area contributed by atoms with Gasteiger partial charge in [-0.2, -0.15) is 0 Å². The third kappa shape index (κ3) is 2.88. The summed E-state index contributed by atoms with van der Waals surface area (Å²) in [5, 5.41) is 13.2. The van der Waals surface area contributed by atoms with Crippen LogP contribution in [-0.4, -0.2) is 13.4 Å². The molecule has 20 heavy (non-hydrogen) atoms. The number of hydrogen-bond donors (Lipinski definition) is 1. The van der Waals surface area contributed by atoms with E-state index < -0.39 is 8.32 Å². The van der Waals surface area contributed by atoms with Crippen LogP contribution in [0.4, 0.5) is 0 Å².